The van der Waals surface area contributed by atoms with Crippen LogP contribution in [0, 0.1) is 0 Å². The third kappa shape index (κ3) is 2.49. The number of hydrogen-bond acceptors (Lipinski definition) is 5. The van der Waals surface area contributed by atoms with E-state index in [0.717, 1.165) is 38.2 Å². The molecule has 2 saturated heterocycles. The van der Waals surface area contributed by atoms with Gasteiger partial charge in [-0.3, -0.25) is 0 Å². The zero-order valence-electron chi connectivity index (χ0n) is 14.0. The fourth-order valence-electron chi connectivity index (χ4n) is 4.71. The highest BCUT2D eigenvalue weighted by atomic mass is 32.1. The van der Waals surface area contributed by atoms with Crippen LogP contribution in [0.4, 0.5) is 9.93 Å². The normalized spacial score (nSPS) is 29.3. The monoisotopic (exact) mass is 347 g/mol. The number of hydrogen-bond donors (Lipinski definition) is 2. The second kappa shape index (κ2) is 5.88. The van der Waals surface area contributed by atoms with Crippen molar-refractivity contribution in [3.63, 3.8) is 0 Å². The number of piperazine rings is 1. The van der Waals surface area contributed by atoms with Crippen molar-refractivity contribution in [1.82, 2.24) is 20.5 Å². The first kappa shape index (κ1) is 15.0. The predicted octanol–water partition coefficient (Wildman–Crippen LogP) is 2.05. The molecule has 0 radical (unpaired) electrons. The molecule has 0 aromatic carbocycles. The molecule has 2 N–H and O–H groups in total. The third-order valence-corrected chi connectivity index (χ3v) is 7.11. The minimum atomic E-state index is 0.0934. The molecule has 2 bridgehead atoms. The first-order chi connectivity index (χ1) is 11.8. The van der Waals surface area contributed by atoms with E-state index >= 15 is 0 Å². The zero-order valence-corrected chi connectivity index (χ0v) is 14.8. The maximum Gasteiger partial charge on any atom is 0.318 e. The summed E-state index contributed by atoms with van der Waals surface area (Å²) in [6, 6.07) is 1.70. The number of nitrogens with zero attached hydrogens (tertiary/aromatic N) is 3. The van der Waals surface area contributed by atoms with Crippen LogP contribution in [0.3, 0.4) is 0 Å². The minimum Gasteiger partial charge on any atom is -0.340 e. The number of anilines is 1. The fourth-order valence-corrected chi connectivity index (χ4v) is 5.94. The lowest BCUT2D eigenvalue weighted by Crippen LogP contribution is -2.52. The predicted molar refractivity (Wildman–Crippen MR) is 94.3 cm³/mol. The fraction of sp³-hybridized carbons (Fsp3) is 0.765. The lowest BCUT2D eigenvalue weighted by atomic mass is 10.2. The molecule has 2 amide bonds. The van der Waals surface area contributed by atoms with Gasteiger partial charge in [-0.2, -0.15) is 0 Å². The molecular formula is C17H25N5OS. The summed E-state index contributed by atoms with van der Waals surface area (Å²) < 4.78 is 0. The summed E-state index contributed by atoms with van der Waals surface area (Å²) in [5, 5.41) is 7.90. The Morgan fingerprint density at radius 3 is 2.58 bits per heavy atom. The highest BCUT2D eigenvalue weighted by Gasteiger charge is 2.39. The van der Waals surface area contributed by atoms with E-state index in [1.807, 2.05) is 4.90 Å². The Bertz CT molecular complexity index is 601. The van der Waals surface area contributed by atoms with E-state index in [0.29, 0.717) is 24.7 Å². The average molecular weight is 347 g/mol. The molecule has 24 heavy (non-hydrogen) atoms. The Hall–Kier alpha value is -1.34. The summed E-state index contributed by atoms with van der Waals surface area (Å²) in [6.07, 6.45) is 7.31. The summed E-state index contributed by atoms with van der Waals surface area (Å²) >= 11 is 1.81. The van der Waals surface area contributed by atoms with E-state index in [-0.39, 0.29) is 6.03 Å². The Morgan fingerprint density at radius 1 is 1.12 bits per heavy atom. The van der Waals surface area contributed by atoms with E-state index < -0.39 is 0 Å². The molecule has 4 aliphatic rings. The number of rotatable bonds is 2. The SMILES string of the molecule is O=C(NC1CCCC1)N1Cc2nc(N3C4CCC3CNC4)sc2C1. The van der Waals surface area contributed by atoms with Gasteiger partial charge in [0.1, 0.15) is 0 Å². The molecule has 1 aliphatic carbocycles. The quantitative estimate of drug-likeness (QED) is 0.860. The summed E-state index contributed by atoms with van der Waals surface area (Å²) in [5.74, 6) is 0. The first-order valence-electron chi connectivity index (χ1n) is 9.31. The third-order valence-electron chi connectivity index (χ3n) is 6.01. The number of urea groups is 1. The van der Waals surface area contributed by atoms with Gasteiger partial charge in [-0.25, -0.2) is 9.78 Å². The Balaban J connectivity index is 1.26. The van der Waals surface area contributed by atoms with Crippen molar-refractivity contribution >= 4 is 22.5 Å². The highest BCUT2D eigenvalue weighted by molar-refractivity contribution is 7.15. The molecule has 6 nitrogen and oxygen atoms in total. The molecule has 130 valence electrons. The van der Waals surface area contributed by atoms with E-state index in [1.165, 1.54) is 35.7 Å². The lowest BCUT2D eigenvalue weighted by Gasteiger charge is -2.35. The number of aromatic nitrogens is 1. The number of amides is 2. The van der Waals surface area contributed by atoms with Gasteiger partial charge >= 0.3 is 6.03 Å². The first-order valence-corrected chi connectivity index (χ1v) is 10.1. The lowest BCUT2D eigenvalue weighted by molar-refractivity contribution is 0.194. The van der Waals surface area contributed by atoms with E-state index in [4.69, 9.17) is 4.98 Å². The Morgan fingerprint density at radius 2 is 1.88 bits per heavy atom. The van der Waals surface area contributed by atoms with Gasteiger partial charge in [0, 0.05) is 31.2 Å². The molecule has 5 rings (SSSR count). The molecule has 2 unspecified atom stereocenters. The number of fused-ring (bicyclic) bond motifs is 3. The van der Waals surface area contributed by atoms with Crippen LogP contribution in [0.2, 0.25) is 0 Å². The Kier molecular flexibility index (Phi) is 3.66. The molecule has 1 aromatic heterocycles. The standard InChI is InChI=1S/C17H25N5OS/c23-16(19-11-3-1-2-4-11)21-9-14-15(10-21)24-17(20-14)22-12-5-6-13(22)8-18-7-12/h11-13,18H,1-10H2,(H,19,23). The minimum absolute atomic E-state index is 0.0934. The molecule has 1 saturated carbocycles. The van der Waals surface area contributed by atoms with Crippen LogP contribution in [0.15, 0.2) is 0 Å². The highest BCUT2D eigenvalue weighted by Crippen LogP contribution is 2.39. The molecule has 2 atom stereocenters. The number of carbonyl (C=O) groups excluding carboxylic acids is 1. The van der Waals surface area contributed by atoms with Gasteiger partial charge < -0.3 is 20.4 Å². The summed E-state index contributed by atoms with van der Waals surface area (Å²) in [4.78, 5) is 23.1. The maximum atomic E-state index is 12.4. The van der Waals surface area contributed by atoms with E-state index in [2.05, 4.69) is 15.5 Å². The zero-order chi connectivity index (χ0) is 16.1. The van der Waals surface area contributed by atoms with Gasteiger partial charge in [0.25, 0.3) is 0 Å². The maximum absolute atomic E-state index is 12.4. The van der Waals surface area contributed by atoms with Crippen LogP contribution >= 0.6 is 11.3 Å². The van der Waals surface area contributed by atoms with Gasteiger partial charge in [0.2, 0.25) is 0 Å². The van der Waals surface area contributed by atoms with Crippen LogP contribution in [0.1, 0.15) is 49.1 Å². The summed E-state index contributed by atoms with van der Waals surface area (Å²) in [7, 11) is 0. The molecule has 3 fully saturated rings. The molecule has 0 spiro atoms. The van der Waals surface area contributed by atoms with Crippen molar-refractivity contribution in [1.29, 1.82) is 0 Å². The van der Waals surface area contributed by atoms with Crippen molar-refractivity contribution in [2.24, 2.45) is 0 Å². The largest absolute Gasteiger partial charge is 0.340 e. The van der Waals surface area contributed by atoms with Crippen molar-refractivity contribution < 1.29 is 4.79 Å². The van der Waals surface area contributed by atoms with Crippen molar-refractivity contribution in [2.75, 3.05) is 18.0 Å². The van der Waals surface area contributed by atoms with Gasteiger partial charge in [0.05, 0.1) is 23.7 Å². The average Bonchev–Trinajstić information content (AvgIpc) is 3.30. The summed E-state index contributed by atoms with van der Waals surface area (Å²) in [6.45, 7) is 3.56. The van der Waals surface area contributed by atoms with Gasteiger partial charge in [-0.05, 0) is 25.7 Å². The second-order valence-corrected chi connectivity index (χ2v) is 8.67. The van der Waals surface area contributed by atoms with Crippen LogP contribution in [0.5, 0.6) is 0 Å². The van der Waals surface area contributed by atoms with Gasteiger partial charge in [-0.15, -0.1) is 0 Å². The molecular weight excluding hydrogens is 322 g/mol. The summed E-state index contributed by atoms with van der Waals surface area (Å²) in [5.41, 5.74) is 1.12. The van der Waals surface area contributed by atoms with Crippen LogP contribution < -0.4 is 15.5 Å². The molecule has 1 aromatic rings. The smallest absolute Gasteiger partial charge is 0.318 e. The van der Waals surface area contributed by atoms with Gasteiger partial charge in [-0.1, -0.05) is 24.2 Å². The number of thiazole rings is 1. The molecule has 3 aliphatic heterocycles. The van der Waals surface area contributed by atoms with Gasteiger partial charge in [0.15, 0.2) is 5.13 Å². The Labute approximate surface area is 146 Å². The van der Waals surface area contributed by atoms with Crippen LogP contribution in [-0.4, -0.2) is 47.1 Å². The number of nitrogens with one attached hydrogen (secondary N) is 2. The van der Waals surface area contributed by atoms with E-state index in [9.17, 15) is 4.79 Å². The van der Waals surface area contributed by atoms with Crippen LogP contribution in [-0.2, 0) is 13.1 Å². The topological polar surface area (TPSA) is 60.5 Å². The van der Waals surface area contributed by atoms with Crippen LogP contribution in [0.25, 0.3) is 0 Å². The second-order valence-electron chi connectivity index (χ2n) is 7.60. The molecule has 7 heteroatoms. The van der Waals surface area contributed by atoms with Crippen molar-refractivity contribution in [3.05, 3.63) is 10.6 Å². The van der Waals surface area contributed by atoms with Crippen molar-refractivity contribution in [3.8, 4) is 0 Å². The number of carbonyl (C=O) groups is 1. The van der Waals surface area contributed by atoms with E-state index in [1.54, 1.807) is 11.3 Å². The van der Waals surface area contributed by atoms with Crippen molar-refractivity contribution in [2.45, 2.75) is 69.7 Å². The molecule has 4 heterocycles.